The zero-order valence-electron chi connectivity index (χ0n) is 20.5. The van der Waals surface area contributed by atoms with Crippen molar-refractivity contribution in [1.29, 1.82) is 0 Å². The maximum Gasteiger partial charge on any atom is 0.431 e. The average molecular weight is 561 g/mol. The largest absolute Gasteiger partial charge is 0.465 e. The first-order chi connectivity index (χ1) is 17.1. The van der Waals surface area contributed by atoms with Gasteiger partial charge in [-0.3, -0.25) is 18.9 Å². The minimum Gasteiger partial charge on any atom is -0.465 e. The van der Waals surface area contributed by atoms with E-state index in [-0.39, 0.29) is 24.2 Å². The van der Waals surface area contributed by atoms with Crippen LogP contribution in [-0.2, 0) is 38.7 Å². The van der Waals surface area contributed by atoms with Gasteiger partial charge in [-0.15, -0.1) is 0 Å². The Morgan fingerprint density at radius 1 is 1.14 bits per heavy atom. The molecule has 0 radical (unpaired) electrons. The second-order valence-electron chi connectivity index (χ2n) is 10.1. The molecule has 2 saturated carbocycles. The number of carbonyl (C=O) groups is 3. The van der Waals surface area contributed by atoms with Crippen LogP contribution in [0.25, 0.3) is 0 Å². The fraction of sp³-hybridized carbons (Fsp3) is 0.870. The minimum absolute atomic E-state index is 0.0289. The van der Waals surface area contributed by atoms with Crippen LogP contribution >= 0.6 is 0 Å². The fourth-order valence-corrected chi connectivity index (χ4v) is 6.09. The van der Waals surface area contributed by atoms with E-state index in [0.29, 0.717) is 25.2 Å². The minimum atomic E-state index is -6.34. The third-order valence-corrected chi connectivity index (χ3v) is 8.74. The van der Waals surface area contributed by atoms with Gasteiger partial charge < -0.3 is 14.2 Å². The van der Waals surface area contributed by atoms with Crippen molar-refractivity contribution in [3.05, 3.63) is 0 Å². The zero-order chi connectivity index (χ0) is 27.8. The molecule has 0 bridgehead atoms. The summed E-state index contributed by atoms with van der Waals surface area (Å²) in [5.74, 6) is -8.66. The Kier molecular flexibility index (Phi) is 8.82. The maximum atomic E-state index is 13.6. The summed E-state index contributed by atoms with van der Waals surface area (Å²) in [6.07, 6.45) is -0.349. The summed E-state index contributed by atoms with van der Waals surface area (Å²) in [5.41, 5.74) is 0. The third-order valence-electron chi connectivity index (χ3n) is 7.79. The molecule has 7 atom stereocenters. The normalized spacial score (nSPS) is 31.1. The smallest absolute Gasteiger partial charge is 0.431 e. The number of ether oxygens (including phenoxy) is 3. The Balaban J connectivity index is 1.53. The molecule has 1 saturated heterocycles. The zero-order valence-corrected chi connectivity index (χ0v) is 21.4. The number of hydrogen-bond acceptors (Lipinski definition) is 8. The van der Waals surface area contributed by atoms with E-state index >= 15 is 0 Å². The molecule has 3 rings (SSSR count). The van der Waals surface area contributed by atoms with Gasteiger partial charge in [0.25, 0.3) is 0 Å². The summed E-state index contributed by atoms with van der Waals surface area (Å²) >= 11 is 0. The molecule has 0 aromatic heterocycles. The van der Waals surface area contributed by atoms with E-state index in [1.165, 1.54) is 0 Å². The van der Waals surface area contributed by atoms with Crippen molar-refractivity contribution >= 4 is 28.0 Å². The predicted molar refractivity (Wildman–Crippen MR) is 118 cm³/mol. The van der Waals surface area contributed by atoms with Crippen LogP contribution in [0.4, 0.5) is 17.6 Å². The summed E-state index contributed by atoms with van der Waals surface area (Å²) in [5, 5.41) is -5.69. The first kappa shape index (κ1) is 29.6. The molecule has 1 aliphatic heterocycles. The SMILES string of the molecule is CC[C@H]1CC2C(=O)OC(C(C)OC(=O)C3CCCCC3C(=O)OCCCC(F)(F)C(F)(F)S(=O)(=O)O)C21. The van der Waals surface area contributed by atoms with Crippen LogP contribution in [0, 0.1) is 29.6 Å². The van der Waals surface area contributed by atoms with E-state index in [4.69, 9.17) is 18.8 Å². The van der Waals surface area contributed by atoms with Gasteiger partial charge in [0, 0.05) is 12.3 Å². The average Bonchev–Trinajstić information content (AvgIpc) is 3.05. The molecule has 0 amide bonds. The highest BCUT2D eigenvalue weighted by atomic mass is 32.2. The van der Waals surface area contributed by atoms with E-state index in [0.717, 1.165) is 12.8 Å². The molecule has 0 spiro atoms. The van der Waals surface area contributed by atoms with E-state index < -0.39 is 76.7 Å². The van der Waals surface area contributed by atoms with E-state index in [1.807, 2.05) is 6.92 Å². The van der Waals surface area contributed by atoms with Crippen molar-refractivity contribution in [2.75, 3.05) is 6.61 Å². The molecule has 1 N–H and O–H groups in total. The quantitative estimate of drug-likeness (QED) is 0.132. The molecule has 3 aliphatic rings. The summed E-state index contributed by atoms with van der Waals surface area (Å²) in [7, 11) is -6.34. The number of rotatable bonds is 11. The number of fused-ring (bicyclic) bond motifs is 1. The van der Waals surface area contributed by atoms with Crippen LogP contribution in [0.15, 0.2) is 0 Å². The number of hydrogen-bond donors (Lipinski definition) is 1. The Hall–Kier alpha value is -1.96. The molecule has 9 nitrogen and oxygen atoms in total. The molecule has 6 unspecified atom stereocenters. The summed E-state index contributed by atoms with van der Waals surface area (Å²) < 4.78 is 99.3. The van der Waals surface area contributed by atoms with Gasteiger partial charge >= 0.3 is 39.2 Å². The number of cyclic esters (lactones) is 1. The lowest BCUT2D eigenvalue weighted by atomic mass is 9.62. The van der Waals surface area contributed by atoms with Gasteiger partial charge in [0.05, 0.1) is 24.4 Å². The van der Waals surface area contributed by atoms with Crippen LogP contribution in [0.5, 0.6) is 0 Å². The van der Waals surface area contributed by atoms with Gasteiger partial charge in [-0.05, 0) is 38.5 Å². The second-order valence-corrected chi connectivity index (χ2v) is 11.6. The topological polar surface area (TPSA) is 133 Å². The highest BCUT2D eigenvalue weighted by Crippen LogP contribution is 2.51. The number of carbonyl (C=O) groups excluding carboxylic acids is 3. The van der Waals surface area contributed by atoms with Gasteiger partial charge in [0.1, 0.15) is 12.2 Å². The molecule has 1 heterocycles. The summed E-state index contributed by atoms with van der Waals surface area (Å²) in [6.45, 7) is 2.92. The molecule has 14 heteroatoms. The molecule has 0 aromatic carbocycles. The molecule has 212 valence electrons. The van der Waals surface area contributed by atoms with Crippen molar-refractivity contribution in [2.24, 2.45) is 29.6 Å². The first-order valence-corrected chi connectivity index (χ1v) is 13.9. The number of halogens is 4. The highest BCUT2D eigenvalue weighted by molar-refractivity contribution is 7.87. The Bertz CT molecular complexity index is 987. The molecule has 2 aliphatic carbocycles. The van der Waals surface area contributed by atoms with Gasteiger partial charge in [0.15, 0.2) is 0 Å². The van der Waals surface area contributed by atoms with Crippen LogP contribution in [-0.4, -0.2) is 60.9 Å². The molecular weight excluding hydrogens is 528 g/mol. The van der Waals surface area contributed by atoms with E-state index in [2.05, 4.69) is 0 Å². The van der Waals surface area contributed by atoms with Gasteiger partial charge in [0.2, 0.25) is 0 Å². The van der Waals surface area contributed by atoms with Crippen LogP contribution in [0.3, 0.4) is 0 Å². The number of esters is 3. The van der Waals surface area contributed by atoms with Gasteiger partial charge in [-0.1, -0.05) is 26.2 Å². The Morgan fingerprint density at radius 2 is 1.73 bits per heavy atom. The van der Waals surface area contributed by atoms with Crippen molar-refractivity contribution in [3.8, 4) is 0 Å². The summed E-state index contributed by atoms with van der Waals surface area (Å²) in [6, 6.07) is 0. The third kappa shape index (κ3) is 5.89. The van der Waals surface area contributed by atoms with E-state index in [9.17, 15) is 40.4 Å². The van der Waals surface area contributed by atoms with Crippen molar-refractivity contribution < 1.29 is 59.1 Å². The monoisotopic (exact) mass is 560 g/mol. The first-order valence-electron chi connectivity index (χ1n) is 12.4. The lowest BCUT2D eigenvalue weighted by Crippen LogP contribution is -2.46. The Labute approximate surface area is 212 Å². The standard InChI is InChI=1S/C23H32F4O9S/c1-3-13-11-16-17(13)18(36-21(16)30)12(2)35-20(29)15-8-5-4-7-14(15)19(28)34-10-6-9-22(24,25)23(26,27)37(31,32)33/h12-18H,3-11H2,1-2H3,(H,31,32,33)/t12?,13-,14?,15?,16?,17?,18?/m0/s1. The van der Waals surface area contributed by atoms with E-state index in [1.54, 1.807) is 6.92 Å². The highest BCUT2D eigenvalue weighted by Gasteiger charge is 2.65. The molecular formula is C23H32F4O9S. The lowest BCUT2D eigenvalue weighted by molar-refractivity contribution is -0.174. The Morgan fingerprint density at radius 3 is 2.30 bits per heavy atom. The van der Waals surface area contributed by atoms with Crippen molar-refractivity contribution in [2.45, 2.75) is 88.6 Å². The fourth-order valence-electron chi connectivity index (χ4n) is 5.61. The summed E-state index contributed by atoms with van der Waals surface area (Å²) in [4.78, 5) is 37.6. The van der Waals surface area contributed by atoms with Crippen LogP contribution < -0.4 is 0 Å². The number of alkyl halides is 4. The van der Waals surface area contributed by atoms with Crippen LogP contribution in [0.1, 0.15) is 65.2 Å². The second kappa shape index (κ2) is 11.0. The lowest BCUT2D eigenvalue weighted by Gasteiger charge is -2.40. The molecule has 0 aromatic rings. The van der Waals surface area contributed by atoms with Crippen molar-refractivity contribution in [3.63, 3.8) is 0 Å². The predicted octanol–water partition coefficient (Wildman–Crippen LogP) is 3.75. The van der Waals surface area contributed by atoms with Crippen LogP contribution in [0.2, 0.25) is 0 Å². The molecule has 3 fully saturated rings. The maximum absolute atomic E-state index is 13.6. The van der Waals surface area contributed by atoms with Gasteiger partial charge in [-0.2, -0.15) is 26.0 Å². The molecule has 37 heavy (non-hydrogen) atoms. The van der Waals surface area contributed by atoms with Gasteiger partial charge in [-0.25, -0.2) is 0 Å². The van der Waals surface area contributed by atoms with Crippen molar-refractivity contribution in [1.82, 2.24) is 0 Å².